The van der Waals surface area contributed by atoms with Gasteiger partial charge in [-0.3, -0.25) is 0 Å². The molecule has 0 saturated heterocycles. The van der Waals surface area contributed by atoms with Gasteiger partial charge in [-0.05, 0) is 6.92 Å². The van der Waals surface area contributed by atoms with Crippen molar-refractivity contribution in [2.45, 2.75) is 19.4 Å². The van der Waals surface area contributed by atoms with Gasteiger partial charge < -0.3 is 5.11 Å². The number of aliphatic hydroxyl groups excluding tert-OH is 1. The molecule has 0 aliphatic heterocycles. The highest BCUT2D eigenvalue weighted by atomic mass is 32.1. The van der Waals surface area contributed by atoms with Crippen molar-refractivity contribution in [3.8, 4) is 12.3 Å². The average molecular weight is 167 g/mol. The van der Waals surface area contributed by atoms with E-state index in [0.29, 0.717) is 6.42 Å². The monoisotopic (exact) mass is 167 g/mol. The molecule has 1 aromatic rings. The fourth-order valence-electron chi connectivity index (χ4n) is 0.744. The number of hydrogen-bond donors (Lipinski definition) is 1. The van der Waals surface area contributed by atoms with Gasteiger partial charge in [0.25, 0.3) is 0 Å². The van der Waals surface area contributed by atoms with Gasteiger partial charge in [0.05, 0.1) is 9.88 Å². The van der Waals surface area contributed by atoms with Crippen molar-refractivity contribution in [1.82, 2.24) is 4.98 Å². The van der Waals surface area contributed by atoms with E-state index in [4.69, 9.17) is 6.42 Å². The minimum Gasteiger partial charge on any atom is -0.387 e. The van der Waals surface area contributed by atoms with Crippen LogP contribution in [0.3, 0.4) is 0 Å². The van der Waals surface area contributed by atoms with Gasteiger partial charge in [0, 0.05) is 12.6 Å². The third-order valence-corrected chi connectivity index (χ3v) is 2.29. The van der Waals surface area contributed by atoms with Crippen molar-refractivity contribution in [3.63, 3.8) is 0 Å². The molecule has 1 heterocycles. The van der Waals surface area contributed by atoms with E-state index in [1.54, 1.807) is 6.20 Å². The summed E-state index contributed by atoms with van der Waals surface area (Å²) >= 11 is 1.48. The highest BCUT2D eigenvalue weighted by molar-refractivity contribution is 7.11. The van der Waals surface area contributed by atoms with Crippen LogP contribution in [-0.2, 0) is 0 Å². The van der Waals surface area contributed by atoms with E-state index in [1.165, 1.54) is 11.3 Å². The summed E-state index contributed by atoms with van der Waals surface area (Å²) in [6, 6.07) is 0. The molecule has 0 amide bonds. The summed E-state index contributed by atoms with van der Waals surface area (Å²) < 4.78 is 0. The Morgan fingerprint density at radius 1 is 1.91 bits per heavy atom. The summed E-state index contributed by atoms with van der Waals surface area (Å²) in [7, 11) is 0. The van der Waals surface area contributed by atoms with E-state index < -0.39 is 6.10 Å². The van der Waals surface area contributed by atoms with Gasteiger partial charge in [0.2, 0.25) is 0 Å². The highest BCUT2D eigenvalue weighted by Gasteiger charge is 2.07. The molecule has 0 radical (unpaired) electrons. The van der Waals surface area contributed by atoms with Crippen LogP contribution < -0.4 is 0 Å². The van der Waals surface area contributed by atoms with Gasteiger partial charge in [-0.15, -0.1) is 23.7 Å². The Kier molecular flexibility index (Phi) is 2.64. The molecule has 2 nitrogen and oxygen atoms in total. The first-order valence-electron chi connectivity index (χ1n) is 3.28. The normalized spacial score (nSPS) is 12.5. The van der Waals surface area contributed by atoms with Crippen LogP contribution in [0.1, 0.15) is 22.4 Å². The molecule has 0 bridgehead atoms. The molecular weight excluding hydrogens is 158 g/mol. The molecular formula is C8H9NOS. The minimum absolute atomic E-state index is 0.363. The lowest BCUT2D eigenvalue weighted by molar-refractivity contribution is 0.187. The Morgan fingerprint density at radius 2 is 2.64 bits per heavy atom. The van der Waals surface area contributed by atoms with Gasteiger partial charge in [0.1, 0.15) is 6.10 Å². The zero-order valence-corrected chi connectivity index (χ0v) is 7.06. The van der Waals surface area contributed by atoms with Crippen LogP contribution in [0, 0.1) is 19.3 Å². The zero-order chi connectivity index (χ0) is 8.27. The SMILES string of the molecule is C#CCC(O)c1cnc(C)s1. The minimum atomic E-state index is -0.536. The smallest absolute Gasteiger partial charge is 0.101 e. The molecule has 0 aliphatic carbocycles. The summed E-state index contributed by atoms with van der Waals surface area (Å²) in [4.78, 5) is 4.86. The lowest BCUT2D eigenvalue weighted by Gasteiger charge is -2.00. The number of aryl methyl sites for hydroxylation is 1. The summed E-state index contributed by atoms with van der Waals surface area (Å²) in [5, 5.41) is 10.3. The third-order valence-electron chi connectivity index (χ3n) is 1.28. The molecule has 0 spiro atoms. The second-order valence-electron chi connectivity index (χ2n) is 2.21. The van der Waals surface area contributed by atoms with Gasteiger partial charge in [-0.1, -0.05) is 0 Å². The number of rotatable bonds is 2. The second-order valence-corrected chi connectivity index (χ2v) is 3.47. The van der Waals surface area contributed by atoms with E-state index in [2.05, 4.69) is 10.9 Å². The quantitative estimate of drug-likeness (QED) is 0.677. The molecule has 1 rings (SSSR count). The molecule has 1 aromatic heterocycles. The molecule has 0 aromatic carbocycles. The van der Waals surface area contributed by atoms with Gasteiger partial charge in [-0.2, -0.15) is 0 Å². The largest absolute Gasteiger partial charge is 0.387 e. The van der Waals surface area contributed by atoms with Crippen molar-refractivity contribution in [3.05, 3.63) is 16.1 Å². The molecule has 11 heavy (non-hydrogen) atoms. The summed E-state index contributed by atoms with van der Waals surface area (Å²) in [5.41, 5.74) is 0. The van der Waals surface area contributed by atoms with Crippen molar-refractivity contribution in [2.75, 3.05) is 0 Å². The maximum Gasteiger partial charge on any atom is 0.101 e. The number of aliphatic hydroxyl groups is 1. The first-order valence-corrected chi connectivity index (χ1v) is 4.09. The van der Waals surface area contributed by atoms with Gasteiger partial charge in [-0.25, -0.2) is 4.98 Å². The zero-order valence-electron chi connectivity index (χ0n) is 6.24. The summed E-state index contributed by atoms with van der Waals surface area (Å²) in [5.74, 6) is 2.40. The molecule has 0 fully saturated rings. The molecule has 3 heteroatoms. The fraction of sp³-hybridized carbons (Fsp3) is 0.375. The Bertz CT molecular complexity index is 274. The molecule has 1 atom stereocenters. The average Bonchev–Trinajstić information content (AvgIpc) is 2.36. The molecule has 58 valence electrons. The molecule has 1 N–H and O–H groups in total. The lowest BCUT2D eigenvalue weighted by atomic mass is 10.2. The molecule has 0 aliphatic rings. The first kappa shape index (κ1) is 8.25. The maximum absolute atomic E-state index is 9.36. The maximum atomic E-state index is 9.36. The van der Waals surface area contributed by atoms with E-state index in [-0.39, 0.29) is 0 Å². The van der Waals surface area contributed by atoms with Crippen molar-refractivity contribution < 1.29 is 5.11 Å². The number of aromatic nitrogens is 1. The number of hydrogen-bond acceptors (Lipinski definition) is 3. The van der Waals surface area contributed by atoms with Crippen LogP contribution in [-0.4, -0.2) is 10.1 Å². The summed E-state index contributed by atoms with van der Waals surface area (Å²) in [6.45, 7) is 1.90. The van der Waals surface area contributed by atoms with Crippen LogP contribution in [0.2, 0.25) is 0 Å². The van der Waals surface area contributed by atoms with Crippen LogP contribution in [0.25, 0.3) is 0 Å². The van der Waals surface area contributed by atoms with Crippen molar-refractivity contribution in [2.24, 2.45) is 0 Å². The third kappa shape index (κ3) is 2.04. The Morgan fingerprint density at radius 3 is 3.09 bits per heavy atom. The van der Waals surface area contributed by atoms with E-state index >= 15 is 0 Å². The number of terminal acetylenes is 1. The Hall–Kier alpha value is -0.850. The van der Waals surface area contributed by atoms with E-state index in [9.17, 15) is 5.11 Å². The molecule has 1 unspecified atom stereocenters. The summed E-state index contributed by atoms with van der Waals surface area (Å²) in [6.07, 6.45) is 6.54. The van der Waals surface area contributed by atoms with Crippen LogP contribution >= 0.6 is 11.3 Å². The Balaban J connectivity index is 2.70. The van der Waals surface area contributed by atoms with Crippen LogP contribution in [0.4, 0.5) is 0 Å². The predicted molar refractivity (Wildman–Crippen MR) is 45.3 cm³/mol. The lowest BCUT2D eigenvalue weighted by Crippen LogP contribution is -1.91. The van der Waals surface area contributed by atoms with E-state index in [1.807, 2.05) is 6.92 Å². The fourth-order valence-corrected chi connectivity index (χ4v) is 1.52. The number of thiazole rings is 1. The topological polar surface area (TPSA) is 33.1 Å². The highest BCUT2D eigenvalue weighted by Crippen LogP contribution is 2.21. The Labute approximate surface area is 69.9 Å². The second kappa shape index (κ2) is 3.51. The standard InChI is InChI=1S/C8H9NOS/c1-3-4-7(10)8-5-9-6(2)11-8/h1,5,7,10H,4H2,2H3. The van der Waals surface area contributed by atoms with Crippen molar-refractivity contribution in [1.29, 1.82) is 0 Å². The van der Waals surface area contributed by atoms with Crippen LogP contribution in [0.5, 0.6) is 0 Å². The predicted octanol–water partition coefficient (Wildman–Crippen LogP) is 1.51. The first-order chi connectivity index (χ1) is 5.24. The van der Waals surface area contributed by atoms with Crippen molar-refractivity contribution >= 4 is 11.3 Å². The van der Waals surface area contributed by atoms with Gasteiger partial charge in [0.15, 0.2) is 0 Å². The van der Waals surface area contributed by atoms with E-state index in [0.717, 1.165) is 9.88 Å². The van der Waals surface area contributed by atoms with Gasteiger partial charge >= 0.3 is 0 Å². The molecule has 0 saturated carbocycles. The number of nitrogens with zero attached hydrogens (tertiary/aromatic N) is 1. The van der Waals surface area contributed by atoms with Crippen LogP contribution in [0.15, 0.2) is 6.20 Å².